The van der Waals surface area contributed by atoms with Crippen LogP contribution in [0.5, 0.6) is 0 Å². The van der Waals surface area contributed by atoms with Crippen LogP contribution in [0.1, 0.15) is 17.2 Å². The van der Waals surface area contributed by atoms with Crippen LogP contribution >= 0.6 is 28.3 Å². The second kappa shape index (κ2) is 7.74. The minimum atomic E-state index is -0.763. The third-order valence-electron chi connectivity index (χ3n) is 3.02. The molecule has 2 aromatic carbocycles. The van der Waals surface area contributed by atoms with Crippen LogP contribution in [0, 0.1) is 5.82 Å². The first kappa shape index (κ1) is 17.1. The molecule has 0 aliphatic carbocycles. The van der Waals surface area contributed by atoms with E-state index in [1.54, 1.807) is 6.07 Å². The van der Waals surface area contributed by atoms with Crippen molar-refractivity contribution < 1.29 is 9.50 Å². The van der Waals surface area contributed by atoms with Gasteiger partial charge in [-0.3, -0.25) is 0 Å². The van der Waals surface area contributed by atoms with Gasteiger partial charge in [0.1, 0.15) is 5.82 Å². The first-order valence-corrected chi connectivity index (χ1v) is 6.80. The largest absolute Gasteiger partial charge is 0.391 e. The minimum absolute atomic E-state index is 0. The van der Waals surface area contributed by atoms with Crippen LogP contribution in [0.25, 0.3) is 0 Å². The topological polar surface area (TPSA) is 46.2 Å². The third kappa shape index (κ3) is 4.28. The lowest BCUT2D eigenvalue weighted by Crippen LogP contribution is -2.28. The van der Waals surface area contributed by atoms with Gasteiger partial charge in [0.25, 0.3) is 0 Å². The van der Waals surface area contributed by atoms with E-state index < -0.39 is 12.1 Å². The maximum atomic E-state index is 13.2. The Morgan fingerprint density at radius 2 is 1.80 bits per heavy atom. The smallest absolute Gasteiger partial charge is 0.123 e. The number of halogens is 3. The predicted octanol–water partition coefficient (Wildman–Crippen LogP) is 3.61. The summed E-state index contributed by atoms with van der Waals surface area (Å²) in [5.41, 5.74) is 7.58. The second-order valence-corrected chi connectivity index (χ2v) is 5.30. The van der Waals surface area contributed by atoms with Crippen LogP contribution in [0.3, 0.4) is 0 Å². The molecule has 2 rings (SSSR count). The standard InChI is InChI=1S/C15H15BrFNO.ClH/c16-13-7-6-11(17)9-12(13)15(18)14(19)8-10-4-2-1-3-5-10;/h1-7,9,14-15,19H,8,18H2;1H/t14-,15+;/m1./s1. The normalized spacial score (nSPS) is 13.4. The molecule has 2 atom stereocenters. The van der Waals surface area contributed by atoms with E-state index >= 15 is 0 Å². The lowest BCUT2D eigenvalue weighted by molar-refractivity contribution is 0.144. The molecule has 0 amide bonds. The molecule has 108 valence electrons. The van der Waals surface area contributed by atoms with E-state index in [2.05, 4.69) is 15.9 Å². The first-order valence-electron chi connectivity index (χ1n) is 6.00. The van der Waals surface area contributed by atoms with E-state index in [0.717, 1.165) is 5.56 Å². The Hall–Kier alpha value is -0.940. The second-order valence-electron chi connectivity index (χ2n) is 4.45. The molecule has 5 heteroatoms. The number of aliphatic hydroxyl groups is 1. The molecule has 0 saturated heterocycles. The zero-order valence-corrected chi connectivity index (χ0v) is 13.1. The van der Waals surface area contributed by atoms with Gasteiger partial charge < -0.3 is 10.8 Å². The van der Waals surface area contributed by atoms with Crippen LogP contribution in [0.2, 0.25) is 0 Å². The van der Waals surface area contributed by atoms with Gasteiger partial charge in [0.15, 0.2) is 0 Å². The molecule has 0 unspecified atom stereocenters. The fourth-order valence-electron chi connectivity index (χ4n) is 1.96. The van der Waals surface area contributed by atoms with Crippen LogP contribution < -0.4 is 5.73 Å². The zero-order chi connectivity index (χ0) is 13.8. The van der Waals surface area contributed by atoms with Crippen LogP contribution in [-0.4, -0.2) is 11.2 Å². The molecule has 0 fully saturated rings. The molecule has 0 radical (unpaired) electrons. The highest BCUT2D eigenvalue weighted by molar-refractivity contribution is 9.10. The van der Waals surface area contributed by atoms with E-state index in [4.69, 9.17) is 5.73 Å². The van der Waals surface area contributed by atoms with Crippen molar-refractivity contribution >= 4 is 28.3 Å². The van der Waals surface area contributed by atoms with Gasteiger partial charge in [-0.1, -0.05) is 46.3 Å². The molecule has 0 bridgehead atoms. The summed E-state index contributed by atoms with van der Waals surface area (Å²) in [5.74, 6) is -0.361. The molecule has 20 heavy (non-hydrogen) atoms. The Balaban J connectivity index is 0.00000200. The molecule has 0 aliphatic rings. The number of rotatable bonds is 4. The average molecular weight is 361 g/mol. The summed E-state index contributed by atoms with van der Waals surface area (Å²) in [6.45, 7) is 0. The van der Waals surface area contributed by atoms with Crippen molar-refractivity contribution in [2.75, 3.05) is 0 Å². The van der Waals surface area contributed by atoms with E-state index in [-0.39, 0.29) is 18.2 Å². The molecule has 0 aromatic heterocycles. The highest BCUT2D eigenvalue weighted by atomic mass is 79.9. The maximum absolute atomic E-state index is 13.2. The monoisotopic (exact) mass is 359 g/mol. The summed E-state index contributed by atoms with van der Waals surface area (Å²) in [5, 5.41) is 10.2. The molecule has 3 N–H and O–H groups in total. The molecule has 2 nitrogen and oxygen atoms in total. The number of nitrogens with two attached hydrogens (primary N) is 1. The number of benzene rings is 2. The number of hydrogen-bond acceptors (Lipinski definition) is 2. The van der Waals surface area contributed by atoms with Crippen molar-refractivity contribution in [3.63, 3.8) is 0 Å². The lowest BCUT2D eigenvalue weighted by Gasteiger charge is -2.20. The molecule has 0 spiro atoms. The Morgan fingerprint density at radius 3 is 2.45 bits per heavy atom. The van der Waals surface area contributed by atoms with E-state index in [0.29, 0.717) is 16.5 Å². The molecular weight excluding hydrogens is 345 g/mol. The van der Waals surface area contributed by atoms with Gasteiger partial charge in [0.2, 0.25) is 0 Å². The highest BCUT2D eigenvalue weighted by Gasteiger charge is 2.20. The summed E-state index contributed by atoms with van der Waals surface area (Å²) >= 11 is 3.33. The minimum Gasteiger partial charge on any atom is -0.391 e. The van der Waals surface area contributed by atoms with Crippen molar-refractivity contribution in [3.05, 3.63) is 69.9 Å². The summed E-state index contributed by atoms with van der Waals surface area (Å²) in [6.07, 6.45) is -0.328. The van der Waals surface area contributed by atoms with Gasteiger partial charge in [-0.15, -0.1) is 12.4 Å². The van der Waals surface area contributed by atoms with Crippen LogP contribution in [0.4, 0.5) is 4.39 Å². The first-order chi connectivity index (χ1) is 9.08. The average Bonchev–Trinajstić information content (AvgIpc) is 2.42. The number of aliphatic hydroxyl groups excluding tert-OH is 1. The van der Waals surface area contributed by atoms with Crippen LogP contribution in [0.15, 0.2) is 53.0 Å². The van der Waals surface area contributed by atoms with Crippen molar-refractivity contribution in [3.8, 4) is 0 Å². The van der Waals surface area contributed by atoms with Gasteiger partial charge in [-0.05, 0) is 29.3 Å². The van der Waals surface area contributed by atoms with Gasteiger partial charge in [-0.2, -0.15) is 0 Å². The summed E-state index contributed by atoms with van der Waals surface area (Å²) in [6, 6.07) is 13.3. The Kier molecular flexibility index (Phi) is 6.62. The molecule has 2 aromatic rings. The van der Waals surface area contributed by atoms with Crippen LogP contribution in [-0.2, 0) is 6.42 Å². The van der Waals surface area contributed by atoms with E-state index in [9.17, 15) is 9.50 Å². The SMILES string of the molecule is Cl.N[C@@H](c1cc(F)ccc1Br)[C@H](O)Cc1ccccc1. The Morgan fingerprint density at radius 1 is 1.15 bits per heavy atom. The molecule has 0 aliphatic heterocycles. The van der Waals surface area contributed by atoms with Crippen molar-refractivity contribution in [1.29, 1.82) is 0 Å². The van der Waals surface area contributed by atoms with Gasteiger partial charge >= 0.3 is 0 Å². The van der Waals surface area contributed by atoms with Gasteiger partial charge in [0.05, 0.1) is 12.1 Å². The molecule has 0 saturated carbocycles. The van der Waals surface area contributed by atoms with Crippen molar-refractivity contribution in [1.82, 2.24) is 0 Å². The fraction of sp³-hybridized carbons (Fsp3) is 0.200. The van der Waals surface area contributed by atoms with Crippen molar-refractivity contribution in [2.24, 2.45) is 5.73 Å². The maximum Gasteiger partial charge on any atom is 0.123 e. The fourth-order valence-corrected chi connectivity index (χ4v) is 2.47. The van der Waals surface area contributed by atoms with Gasteiger partial charge in [-0.25, -0.2) is 4.39 Å². The third-order valence-corrected chi connectivity index (χ3v) is 3.74. The number of hydrogen-bond donors (Lipinski definition) is 2. The molecular formula is C15H16BrClFNO. The summed E-state index contributed by atoms with van der Waals surface area (Å²) in [7, 11) is 0. The van der Waals surface area contributed by atoms with Crippen molar-refractivity contribution in [2.45, 2.75) is 18.6 Å². The van der Waals surface area contributed by atoms with E-state index in [1.165, 1.54) is 12.1 Å². The Bertz CT molecular complexity index is 553. The quantitative estimate of drug-likeness (QED) is 0.875. The van der Waals surface area contributed by atoms with Gasteiger partial charge in [0, 0.05) is 10.9 Å². The predicted molar refractivity (Wildman–Crippen MR) is 84.4 cm³/mol. The zero-order valence-electron chi connectivity index (χ0n) is 10.7. The highest BCUT2D eigenvalue weighted by Crippen LogP contribution is 2.26. The summed E-state index contributed by atoms with van der Waals surface area (Å²) in [4.78, 5) is 0. The Labute approximate surface area is 132 Å². The summed E-state index contributed by atoms with van der Waals surface area (Å²) < 4.78 is 13.9. The lowest BCUT2D eigenvalue weighted by atomic mass is 9.97. The van der Waals surface area contributed by atoms with E-state index in [1.807, 2.05) is 30.3 Å². The molecule has 0 heterocycles.